The van der Waals surface area contributed by atoms with E-state index in [1.54, 1.807) is 0 Å². The highest BCUT2D eigenvalue weighted by Crippen LogP contribution is 2.42. The van der Waals surface area contributed by atoms with Crippen LogP contribution in [0.4, 0.5) is 0 Å². The Bertz CT molecular complexity index is 984. The van der Waals surface area contributed by atoms with E-state index < -0.39 is 0 Å². The monoisotopic (exact) mass is 399 g/mol. The normalized spacial score (nSPS) is 19.0. The van der Waals surface area contributed by atoms with Crippen LogP contribution >= 0.6 is 0 Å². The Hall–Kier alpha value is -2.91. The lowest BCUT2D eigenvalue weighted by Gasteiger charge is -2.38. The standard InChI is InChI=1S/C27H29NO2/c1-19(28-18-20-9-5-3-6-10-20)24-15-13-22-17-23(27(29)30-2)14-16-25(22)26(24)21-11-7-4-8-12-21/h3-12,14,16-17,19,24,26,28H,13,15,18H2,1-2H3. The van der Waals surface area contributed by atoms with Crippen LogP contribution in [0.15, 0.2) is 78.9 Å². The fourth-order valence-electron chi connectivity index (χ4n) is 4.74. The van der Waals surface area contributed by atoms with Gasteiger partial charge in [0.05, 0.1) is 12.7 Å². The third-order valence-electron chi connectivity index (χ3n) is 6.35. The highest BCUT2D eigenvalue weighted by Gasteiger charge is 2.34. The van der Waals surface area contributed by atoms with Crippen molar-refractivity contribution in [3.05, 3.63) is 107 Å². The summed E-state index contributed by atoms with van der Waals surface area (Å²) in [6.07, 6.45) is 2.06. The molecule has 1 N–H and O–H groups in total. The second kappa shape index (κ2) is 9.27. The van der Waals surface area contributed by atoms with Crippen LogP contribution in [0.25, 0.3) is 0 Å². The maximum Gasteiger partial charge on any atom is 0.337 e. The summed E-state index contributed by atoms with van der Waals surface area (Å²) in [5, 5.41) is 3.76. The van der Waals surface area contributed by atoms with Crippen LogP contribution in [0.5, 0.6) is 0 Å². The van der Waals surface area contributed by atoms with Gasteiger partial charge in [0.1, 0.15) is 0 Å². The Morgan fingerprint density at radius 2 is 1.73 bits per heavy atom. The van der Waals surface area contributed by atoms with E-state index in [2.05, 4.69) is 79.0 Å². The molecule has 30 heavy (non-hydrogen) atoms. The molecule has 0 heterocycles. The molecule has 0 radical (unpaired) electrons. The highest BCUT2D eigenvalue weighted by molar-refractivity contribution is 5.89. The molecule has 3 atom stereocenters. The zero-order chi connectivity index (χ0) is 20.9. The van der Waals surface area contributed by atoms with Crippen molar-refractivity contribution in [1.82, 2.24) is 5.32 Å². The number of fused-ring (bicyclic) bond motifs is 1. The number of nitrogens with one attached hydrogen (secondary N) is 1. The number of aryl methyl sites for hydroxylation is 1. The molecular weight excluding hydrogens is 370 g/mol. The van der Waals surface area contributed by atoms with Gasteiger partial charge in [-0.3, -0.25) is 0 Å². The van der Waals surface area contributed by atoms with Gasteiger partial charge in [-0.1, -0.05) is 66.7 Å². The molecule has 0 aliphatic heterocycles. The van der Waals surface area contributed by atoms with Gasteiger partial charge in [-0.25, -0.2) is 4.79 Å². The molecule has 0 spiro atoms. The maximum atomic E-state index is 12.0. The molecule has 0 amide bonds. The third kappa shape index (κ3) is 4.31. The van der Waals surface area contributed by atoms with Gasteiger partial charge in [0.15, 0.2) is 0 Å². The summed E-state index contributed by atoms with van der Waals surface area (Å²) in [4.78, 5) is 12.0. The summed E-state index contributed by atoms with van der Waals surface area (Å²) in [5.41, 5.74) is 5.87. The van der Waals surface area contributed by atoms with Crippen molar-refractivity contribution >= 4 is 5.97 Å². The molecule has 3 aromatic carbocycles. The molecule has 3 aromatic rings. The second-order valence-electron chi connectivity index (χ2n) is 8.15. The van der Waals surface area contributed by atoms with Gasteiger partial charge in [-0.2, -0.15) is 0 Å². The molecule has 0 saturated carbocycles. The minimum absolute atomic E-state index is 0.269. The molecule has 0 aromatic heterocycles. The van der Waals surface area contributed by atoms with Crippen LogP contribution in [-0.2, 0) is 17.7 Å². The van der Waals surface area contributed by atoms with Crippen molar-refractivity contribution in [2.45, 2.75) is 38.3 Å². The van der Waals surface area contributed by atoms with Crippen molar-refractivity contribution in [2.75, 3.05) is 7.11 Å². The highest BCUT2D eigenvalue weighted by atomic mass is 16.5. The molecule has 1 aliphatic carbocycles. The zero-order valence-electron chi connectivity index (χ0n) is 17.7. The number of esters is 1. The Labute approximate surface area is 179 Å². The lowest BCUT2D eigenvalue weighted by Crippen LogP contribution is -2.39. The molecule has 3 nitrogen and oxygen atoms in total. The van der Waals surface area contributed by atoms with Crippen LogP contribution < -0.4 is 5.32 Å². The van der Waals surface area contributed by atoms with Gasteiger partial charge >= 0.3 is 5.97 Å². The SMILES string of the molecule is COC(=O)c1ccc2c(c1)CCC(C(C)NCc1ccccc1)C2c1ccccc1. The fourth-order valence-corrected chi connectivity index (χ4v) is 4.74. The van der Waals surface area contributed by atoms with Crippen molar-refractivity contribution in [1.29, 1.82) is 0 Å². The Morgan fingerprint density at radius 1 is 1.03 bits per heavy atom. The molecule has 3 unspecified atom stereocenters. The summed E-state index contributed by atoms with van der Waals surface area (Å²) < 4.78 is 4.92. The minimum atomic E-state index is -0.269. The summed E-state index contributed by atoms with van der Waals surface area (Å²) in [6, 6.07) is 27.7. The zero-order valence-corrected chi connectivity index (χ0v) is 17.7. The average molecular weight is 400 g/mol. The fraction of sp³-hybridized carbons (Fsp3) is 0.296. The number of methoxy groups -OCH3 is 1. The number of hydrogen-bond acceptors (Lipinski definition) is 3. The summed E-state index contributed by atoms with van der Waals surface area (Å²) >= 11 is 0. The smallest absolute Gasteiger partial charge is 0.337 e. The summed E-state index contributed by atoms with van der Waals surface area (Å²) in [7, 11) is 1.44. The second-order valence-corrected chi connectivity index (χ2v) is 8.15. The van der Waals surface area contributed by atoms with Crippen LogP contribution in [0.1, 0.15) is 51.9 Å². The van der Waals surface area contributed by atoms with E-state index in [4.69, 9.17) is 4.74 Å². The molecule has 0 saturated heterocycles. The van der Waals surface area contributed by atoms with E-state index in [1.165, 1.54) is 29.4 Å². The molecule has 0 bridgehead atoms. The predicted octanol–water partition coefficient (Wildman–Crippen LogP) is 5.35. The third-order valence-corrected chi connectivity index (χ3v) is 6.35. The van der Waals surface area contributed by atoms with E-state index in [0.29, 0.717) is 23.4 Å². The van der Waals surface area contributed by atoms with E-state index in [-0.39, 0.29) is 5.97 Å². The first kappa shape index (κ1) is 20.4. The van der Waals surface area contributed by atoms with Crippen molar-refractivity contribution < 1.29 is 9.53 Å². The maximum absolute atomic E-state index is 12.0. The van der Waals surface area contributed by atoms with Gasteiger partial charge in [-0.05, 0) is 60.1 Å². The van der Waals surface area contributed by atoms with E-state index in [0.717, 1.165) is 19.4 Å². The largest absolute Gasteiger partial charge is 0.465 e. The van der Waals surface area contributed by atoms with E-state index >= 15 is 0 Å². The molecular formula is C27H29NO2. The number of benzene rings is 3. The lowest BCUT2D eigenvalue weighted by atomic mass is 9.69. The quantitative estimate of drug-likeness (QED) is 0.568. The van der Waals surface area contributed by atoms with E-state index in [9.17, 15) is 4.79 Å². The number of ether oxygens (including phenoxy) is 1. The first-order valence-corrected chi connectivity index (χ1v) is 10.7. The lowest BCUT2D eigenvalue weighted by molar-refractivity contribution is 0.0600. The van der Waals surface area contributed by atoms with Crippen LogP contribution in [0, 0.1) is 5.92 Å². The Morgan fingerprint density at radius 3 is 2.43 bits per heavy atom. The van der Waals surface area contributed by atoms with Gasteiger partial charge in [0, 0.05) is 18.5 Å². The van der Waals surface area contributed by atoms with Gasteiger partial charge in [0.2, 0.25) is 0 Å². The number of hydrogen-bond donors (Lipinski definition) is 1. The van der Waals surface area contributed by atoms with E-state index in [1.807, 2.05) is 12.1 Å². The molecule has 4 rings (SSSR count). The Balaban J connectivity index is 1.63. The van der Waals surface area contributed by atoms with Crippen LogP contribution in [0.3, 0.4) is 0 Å². The van der Waals surface area contributed by atoms with Gasteiger partial charge in [-0.15, -0.1) is 0 Å². The predicted molar refractivity (Wildman–Crippen MR) is 121 cm³/mol. The van der Waals surface area contributed by atoms with Gasteiger partial charge < -0.3 is 10.1 Å². The number of carbonyl (C=O) groups excluding carboxylic acids is 1. The average Bonchev–Trinajstić information content (AvgIpc) is 2.82. The van der Waals surface area contributed by atoms with Crippen LogP contribution in [-0.4, -0.2) is 19.1 Å². The summed E-state index contributed by atoms with van der Waals surface area (Å²) in [6.45, 7) is 3.17. The minimum Gasteiger partial charge on any atom is -0.465 e. The van der Waals surface area contributed by atoms with Gasteiger partial charge in [0.25, 0.3) is 0 Å². The molecule has 0 fully saturated rings. The first-order valence-electron chi connectivity index (χ1n) is 10.7. The van der Waals surface area contributed by atoms with Crippen molar-refractivity contribution in [3.63, 3.8) is 0 Å². The van der Waals surface area contributed by atoms with Crippen LogP contribution in [0.2, 0.25) is 0 Å². The Kier molecular flexibility index (Phi) is 6.29. The topological polar surface area (TPSA) is 38.3 Å². The number of carbonyl (C=O) groups is 1. The molecule has 1 aliphatic rings. The van der Waals surface area contributed by atoms with Crippen molar-refractivity contribution in [3.8, 4) is 0 Å². The number of rotatable bonds is 6. The molecule has 3 heteroatoms. The summed E-state index contributed by atoms with van der Waals surface area (Å²) in [5.74, 6) is 0.515. The first-order chi connectivity index (χ1) is 14.7. The molecule has 154 valence electrons. The van der Waals surface area contributed by atoms with Crippen molar-refractivity contribution in [2.24, 2.45) is 5.92 Å².